The average Bonchev–Trinajstić information content (AvgIpc) is 2.78. The van der Waals surface area contributed by atoms with Crippen molar-refractivity contribution in [2.24, 2.45) is 5.73 Å². The van der Waals surface area contributed by atoms with E-state index < -0.39 is 6.04 Å². The maximum atomic E-state index is 11.5. The van der Waals surface area contributed by atoms with Crippen LogP contribution in [-0.2, 0) is 11.2 Å². The summed E-state index contributed by atoms with van der Waals surface area (Å²) in [6.07, 6.45) is 6.88. The molecule has 0 radical (unpaired) electrons. The molecule has 0 unspecified atom stereocenters. The first-order valence-electron chi connectivity index (χ1n) is 5.24. The molecule has 0 aliphatic carbocycles. The van der Waals surface area contributed by atoms with Crippen LogP contribution in [0.4, 0.5) is 0 Å². The number of carbonyl (C=O) groups excluding carboxylic acids is 1. The smallest absolute Gasteiger partial charge is 0.236 e. The van der Waals surface area contributed by atoms with Crippen LogP contribution in [0.3, 0.4) is 0 Å². The fourth-order valence-corrected chi connectivity index (χ4v) is 1.74. The zero-order valence-corrected chi connectivity index (χ0v) is 10.2. The molecule has 0 aromatic carbocycles. The minimum atomic E-state index is -0.399. The quantitative estimate of drug-likeness (QED) is 0.635. The summed E-state index contributed by atoms with van der Waals surface area (Å²) in [4.78, 5) is 18.5. The monoisotopic (exact) mass is 242 g/mol. The number of nitrogens with one attached hydrogen (secondary N) is 2. The number of nitrogens with zero attached hydrogens (tertiary/aromatic N) is 1. The van der Waals surface area contributed by atoms with E-state index in [0.29, 0.717) is 19.4 Å². The number of imidazole rings is 1. The van der Waals surface area contributed by atoms with Gasteiger partial charge in [-0.15, -0.1) is 0 Å². The lowest BCUT2D eigenvalue weighted by Crippen LogP contribution is -2.41. The predicted molar refractivity (Wildman–Crippen MR) is 66.3 cm³/mol. The lowest BCUT2D eigenvalue weighted by atomic mass is 10.2. The number of amides is 1. The van der Waals surface area contributed by atoms with Crippen LogP contribution < -0.4 is 11.1 Å². The van der Waals surface area contributed by atoms with Gasteiger partial charge in [0, 0.05) is 25.4 Å². The molecule has 0 aliphatic heterocycles. The highest BCUT2D eigenvalue weighted by atomic mass is 32.2. The summed E-state index contributed by atoms with van der Waals surface area (Å²) >= 11 is 1.69. The number of aromatic amines is 1. The molecular weight excluding hydrogens is 224 g/mol. The Bertz CT molecular complexity index is 302. The van der Waals surface area contributed by atoms with Crippen molar-refractivity contribution in [3.8, 4) is 0 Å². The highest BCUT2D eigenvalue weighted by molar-refractivity contribution is 7.98. The van der Waals surface area contributed by atoms with Crippen molar-refractivity contribution in [3.63, 3.8) is 0 Å². The Balaban J connectivity index is 2.14. The van der Waals surface area contributed by atoms with E-state index in [0.717, 1.165) is 11.6 Å². The lowest BCUT2D eigenvalue weighted by molar-refractivity contribution is -0.122. The third-order valence-electron chi connectivity index (χ3n) is 2.19. The number of aromatic nitrogens is 2. The van der Waals surface area contributed by atoms with Gasteiger partial charge >= 0.3 is 0 Å². The number of H-pyrrole nitrogens is 1. The van der Waals surface area contributed by atoms with E-state index in [-0.39, 0.29) is 5.91 Å². The minimum Gasteiger partial charge on any atom is -0.354 e. The Morgan fingerprint density at radius 2 is 2.56 bits per heavy atom. The van der Waals surface area contributed by atoms with E-state index >= 15 is 0 Å². The molecule has 0 fully saturated rings. The van der Waals surface area contributed by atoms with Crippen LogP contribution in [0.25, 0.3) is 0 Å². The number of nitrogens with two attached hydrogens (primary N) is 1. The third kappa shape index (κ3) is 4.67. The normalized spacial score (nSPS) is 12.4. The van der Waals surface area contributed by atoms with E-state index in [1.54, 1.807) is 24.2 Å². The molecule has 1 amide bonds. The largest absolute Gasteiger partial charge is 0.354 e. The molecule has 1 atom stereocenters. The SMILES string of the molecule is CSCC[C@H](N)C(=O)NCCc1ncc[nH]1. The topological polar surface area (TPSA) is 83.8 Å². The van der Waals surface area contributed by atoms with Crippen LogP contribution in [0.5, 0.6) is 0 Å². The molecule has 1 rings (SSSR count). The van der Waals surface area contributed by atoms with E-state index in [2.05, 4.69) is 15.3 Å². The van der Waals surface area contributed by atoms with Gasteiger partial charge in [-0.3, -0.25) is 4.79 Å². The average molecular weight is 242 g/mol. The van der Waals surface area contributed by atoms with Crippen molar-refractivity contribution in [1.82, 2.24) is 15.3 Å². The van der Waals surface area contributed by atoms with Crippen molar-refractivity contribution in [3.05, 3.63) is 18.2 Å². The first kappa shape index (κ1) is 13.1. The third-order valence-corrected chi connectivity index (χ3v) is 2.83. The summed E-state index contributed by atoms with van der Waals surface area (Å²) < 4.78 is 0. The molecule has 0 bridgehead atoms. The van der Waals surface area contributed by atoms with Gasteiger partial charge in [0.15, 0.2) is 0 Å². The molecule has 5 nitrogen and oxygen atoms in total. The summed E-state index contributed by atoms with van der Waals surface area (Å²) in [5, 5.41) is 2.80. The van der Waals surface area contributed by atoms with Crippen LogP contribution in [0.2, 0.25) is 0 Å². The van der Waals surface area contributed by atoms with Crippen molar-refractivity contribution in [1.29, 1.82) is 0 Å². The van der Waals surface area contributed by atoms with Gasteiger partial charge in [0.1, 0.15) is 5.82 Å². The Kier molecular flexibility index (Phi) is 5.95. The maximum Gasteiger partial charge on any atom is 0.236 e. The second-order valence-electron chi connectivity index (χ2n) is 3.46. The molecule has 1 heterocycles. The van der Waals surface area contributed by atoms with Gasteiger partial charge < -0.3 is 16.0 Å². The molecule has 0 saturated carbocycles. The summed E-state index contributed by atoms with van der Waals surface area (Å²) in [5.74, 6) is 1.70. The number of carbonyl (C=O) groups is 1. The van der Waals surface area contributed by atoms with E-state index in [1.807, 2.05) is 6.26 Å². The standard InChI is InChI=1S/C10H18N4OS/c1-16-7-3-8(11)10(15)14-4-2-9-12-5-6-13-9/h5-6,8H,2-4,7,11H2,1H3,(H,12,13)(H,14,15)/t8-/m0/s1. The van der Waals surface area contributed by atoms with Crippen LogP contribution >= 0.6 is 11.8 Å². The molecule has 90 valence electrons. The molecule has 1 aromatic rings. The van der Waals surface area contributed by atoms with Gasteiger partial charge in [-0.1, -0.05) is 0 Å². The van der Waals surface area contributed by atoms with Gasteiger partial charge in [-0.2, -0.15) is 11.8 Å². The molecule has 0 saturated heterocycles. The van der Waals surface area contributed by atoms with Crippen molar-refractivity contribution < 1.29 is 4.79 Å². The number of hydrogen-bond acceptors (Lipinski definition) is 4. The zero-order chi connectivity index (χ0) is 11.8. The molecule has 4 N–H and O–H groups in total. The fourth-order valence-electron chi connectivity index (χ4n) is 1.25. The number of hydrogen-bond donors (Lipinski definition) is 3. The van der Waals surface area contributed by atoms with Crippen LogP contribution in [-0.4, -0.2) is 40.5 Å². The van der Waals surface area contributed by atoms with E-state index in [1.165, 1.54) is 0 Å². The number of rotatable bonds is 7. The van der Waals surface area contributed by atoms with Crippen molar-refractivity contribution in [2.75, 3.05) is 18.6 Å². The predicted octanol–water partition coefficient (Wildman–Crippen LogP) is 0.149. The highest BCUT2D eigenvalue weighted by Crippen LogP contribution is 1.98. The molecule has 6 heteroatoms. The first-order chi connectivity index (χ1) is 7.74. The van der Waals surface area contributed by atoms with Crippen molar-refractivity contribution in [2.45, 2.75) is 18.9 Å². The summed E-state index contributed by atoms with van der Waals surface area (Å²) in [6, 6.07) is -0.399. The van der Waals surface area contributed by atoms with Gasteiger partial charge in [-0.05, 0) is 18.4 Å². The molecule has 0 spiro atoms. The Morgan fingerprint density at radius 1 is 1.75 bits per heavy atom. The Hall–Kier alpha value is -1.01. The summed E-state index contributed by atoms with van der Waals surface area (Å²) in [7, 11) is 0. The summed E-state index contributed by atoms with van der Waals surface area (Å²) in [6.45, 7) is 0.569. The maximum absolute atomic E-state index is 11.5. The van der Waals surface area contributed by atoms with Gasteiger partial charge in [0.25, 0.3) is 0 Å². The fraction of sp³-hybridized carbons (Fsp3) is 0.600. The van der Waals surface area contributed by atoms with Gasteiger partial charge in [0.2, 0.25) is 5.91 Å². The van der Waals surface area contributed by atoms with Crippen LogP contribution in [0.1, 0.15) is 12.2 Å². The first-order valence-corrected chi connectivity index (χ1v) is 6.64. The lowest BCUT2D eigenvalue weighted by Gasteiger charge is -2.10. The van der Waals surface area contributed by atoms with Gasteiger partial charge in [-0.25, -0.2) is 4.98 Å². The van der Waals surface area contributed by atoms with Crippen LogP contribution in [0, 0.1) is 0 Å². The van der Waals surface area contributed by atoms with Crippen molar-refractivity contribution >= 4 is 17.7 Å². The second kappa shape index (κ2) is 7.29. The second-order valence-corrected chi connectivity index (χ2v) is 4.45. The molecule has 0 aliphatic rings. The van der Waals surface area contributed by atoms with E-state index in [4.69, 9.17) is 5.73 Å². The number of thioether (sulfide) groups is 1. The summed E-state index contributed by atoms with van der Waals surface area (Å²) in [5.41, 5.74) is 5.71. The minimum absolute atomic E-state index is 0.0828. The van der Waals surface area contributed by atoms with Crippen LogP contribution in [0.15, 0.2) is 12.4 Å². The zero-order valence-electron chi connectivity index (χ0n) is 9.40. The Labute approximate surface area is 99.6 Å². The van der Waals surface area contributed by atoms with Gasteiger partial charge in [0.05, 0.1) is 6.04 Å². The molecule has 16 heavy (non-hydrogen) atoms. The molecule has 1 aromatic heterocycles. The highest BCUT2D eigenvalue weighted by Gasteiger charge is 2.11. The Morgan fingerprint density at radius 3 is 3.19 bits per heavy atom. The molecular formula is C10H18N4OS. The van der Waals surface area contributed by atoms with E-state index in [9.17, 15) is 4.79 Å².